The number of hydrogen-bond donors (Lipinski definition) is 0. The molecule has 0 saturated carbocycles. The Bertz CT molecular complexity index is 572. The van der Waals surface area contributed by atoms with E-state index < -0.39 is 0 Å². The Morgan fingerprint density at radius 1 is 1.05 bits per heavy atom. The van der Waals surface area contributed by atoms with E-state index in [1.54, 1.807) is 24.3 Å². The van der Waals surface area contributed by atoms with Crippen LogP contribution in [0.4, 0.5) is 8.78 Å². The van der Waals surface area contributed by atoms with Crippen LogP contribution in [-0.4, -0.2) is 5.33 Å². The largest absolute Gasteiger partial charge is 0.207 e. The Labute approximate surface area is 124 Å². The van der Waals surface area contributed by atoms with Gasteiger partial charge < -0.3 is 0 Å². The zero-order chi connectivity index (χ0) is 13.8. The summed E-state index contributed by atoms with van der Waals surface area (Å²) in [6.07, 6.45) is 0.401. The van der Waals surface area contributed by atoms with Gasteiger partial charge in [0.15, 0.2) is 0 Å². The van der Waals surface area contributed by atoms with E-state index >= 15 is 0 Å². The molecule has 0 saturated heterocycles. The summed E-state index contributed by atoms with van der Waals surface area (Å²) in [5.74, 6) is -0.713. The molecule has 0 heterocycles. The first-order valence-electron chi connectivity index (χ1n) is 5.86. The van der Waals surface area contributed by atoms with Crippen molar-refractivity contribution in [2.24, 2.45) is 0 Å². The lowest BCUT2D eigenvalue weighted by atomic mass is 9.93. The second-order valence-electron chi connectivity index (χ2n) is 4.31. The maximum absolute atomic E-state index is 13.8. The van der Waals surface area contributed by atoms with Crippen LogP contribution in [0.25, 0.3) is 0 Å². The summed E-state index contributed by atoms with van der Waals surface area (Å²) in [4.78, 5) is 0. The van der Waals surface area contributed by atoms with Gasteiger partial charge in [-0.15, -0.1) is 0 Å². The topological polar surface area (TPSA) is 0 Å². The second-order valence-corrected chi connectivity index (χ2v) is 5.40. The fraction of sp³-hybridized carbons (Fsp3) is 0.200. The minimum atomic E-state index is -0.313. The summed E-state index contributed by atoms with van der Waals surface area (Å²) in [7, 11) is 0. The van der Waals surface area contributed by atoms with Crippen molar-refractivity contribution >= 4 is 27.5 Å². The standard InChI is InChI=1S/C15H12BrClF2/c16-9-11(13-3-1-2-4-15(13)19)7-10-8-12(17)5-6-14(10)18/h1-6,8,11H,7,9H2. The predicted molar refractivity (Wildman–Crippen MR) is 78.0 cm³/mol. The molecule has 0 radical (unpaired) electrons. The van der Waals surface area contributed by atoms with Crippen molar-refractivity contribution < 1.29 is 8.78 Å². The van der Waals surface area contributed by atoms with Crippen LogP contribution in [0.3, 0.4) is 0 Å². The van der Waals surface area contributed by atoms with E-state index in [4.69, 9.17) is 11.6 Å². The molecule has 19 heavy (non-hydrogen) atoms. The molecule has 0 aliphatic carbocycles. The lowest BCUT2D eigenvalue weighted by Crippen LogP contribution is -2.08. The lowest BCUT2D eigenvalue weighted by Gasteiger charge is -2.16. The fourth-order valence-electron chi connectivity index (χ4n) is 2.02. The first-order valence-corrected chi connectivity index (χ1v) is 7.36. The highest BCUT2D eigenvalue weighted by Gasteiger charge is 2.17. The predicted octanol–water partition coefficient (Wildman–Crippen LogP) is 5.34. The van der Waals surface area contributed by atoms with Crippen LogP contribution in [0.1, 0.15) is 17.0 Å². The summed E-state index contributed by atoms with van der Waals surface area (Å²) in [5.41, 5.74) is 1.08. The lowest BCUT2D eigenvalue weighted by molar-refractivity contribution is 0.574. The molecule has 0 nitrogen and oxygen atoms in total. The van der Waals surface area contributed by atoms with Gasteiger partial charge in [0.05, 0.1) is 0 Å². The number of alkyl halides is 1. The minimum Gasteiger partial charge on any atom is -0.207 e. The van der Waals surface area contributed by atoms with Gasteiger partial charge in [-0.2, -0.15) is 0 Å². The van der Waals surface area contributed by atoms with Gasteiger partial charge in [-0.1, -0.05) is 45.7 Å². The normalized spacial score (nSPS) is 12.4. The van der Waals surface area contributed by atoms with Crippen LogP contribution in [0.15, 0.2) is 42.5 Å². The average Bonchev–Trinajstić information content (AvgIpc) is 2.41. The summed E-state index contributed by atoms with van der Waals surface area (Å²) >= 11 is 9.23. The molecular weight excluding hydrogens is 334 g/mol. The van der Waals surface area contributed by atoms with E-state index in [1.165, 1.54) is 18.2 Å². The van der Waals surface area contributed by atoms with Gasteiger partial charge in [0.25, 0.3) is 0 Å². The molecular formula is C15H12BrClF2. The van der Waals surface area contributed by atoms with Crippen LogP contribution in [0, 0.1) is 11.6 Å². The first-order chi connectivity index (χ1) is 9.11. The summed E-state index contributed by atoms with van der Waals surface area (Å²) in [6.45, 7) is 0. The molecule has 0 aromatic heterocycles. The first kappa shape index (κ1) is 14.5. The molecule has 2 rings (SSSR count). The monoisotopic (exact) mass is 344 g/mol. The van der Waals surface area contributed by atoms with Gasteiger partial charge in [0, 0.05) is 16.3 Å². The van der Waals surface area contributed by atoms with E-state index in [-0.39, 0.29) is 17.6 Å². The van der Waals surface area contributed by atoms with Crippen molar-refractivity contribution in [3.05, 3.63) is 70.2 Å². The molecule has 0 fully saturated rings. The molecule has 0 bridgehead atoms. The van der Waals surface area contributed by atoms with Crippen molar-refractivity contribution in [3.8, 4) is 0 Å². The van der Waals surface area contributed by atoms with E-state index in [0.29, 0.717) is 27.9 Å². The number of halogens is 4. The SMILES string of the molecule is Fc1ccc(Cl)cc1CC(CBr)c1ccccc1F. The zero-order valence-corrected chi connectivity index (χ0v) is 12.4. The molecule has 0 N–H and O–H groups in total. The minimum absolute atomic E-state index is 0.130. The average molecular weight is 346 g/mol. The van der Waals surface area contributed by atoms with Crippen molar-refractivity contribution in [3.63, 3.8) is 0 Å². The molecule has 100 valence electrons. The van der Waals surface area contributed by atoms with Crippen LogP contribution < -0.4 is 0 Å². The summed E-state index contributed by atoms with van der Waals surface area (Å²) in [5, 5.41) is 1.04. The van der Waals surface area contributed by atoms with Crippen molar-refractivity contribution in [2.75, 3.05) is 5.33 Å². The van der Waals surface area contributed by atoms with Gasteiger partial charge in [0.2, 0.25) is 0 Å². The summed E-state index contributed by atoms with van der Waals surface area (Å²) in [6, 6.07) is 11.0. The molecule has 2 aromatic rings. The summed E-state index contributed by atoms with van der Waals surface area (Å²) < 4.78 is 27.5. The second kappa shape index (κ2) is 6.49. The molecule has 2 aromatic carbocycles. The molecule has 0 aliphatic heterocycles. The molecule has 1 unspecified atom stereocenters. The third kappa shape index (κ3) is 3.54. The quantitative estimate of drug-likeness (QED) is 0.656. The van der Waals surface area contributed by atoms with E-state index in [0.717, 1.165) is 0 Å². The Hall–Kier alpha value is -0.930. The van der Waals surface area contributed by atoms with Crippen LogP contribution >= 0.6 is 27.5 Å². The molecule has 4 heteroatoms. The Kier molecular flexibility index (Phi) is 4.94. The molecule has 0 amide bonds. The Morgan fingerprint density at radius 2 is 1.79 bits per heavy atom. The third-order valence-electron chi connectivity index (χ3n) is 3.01. The van der Waals surface area contributed by atoms with Gasteiger partial charge in [-0.05, 0) is 41.8 Å². The number of rotatable bonds is 4. The number of benzene rings is 2. The fourth-order valence-corrected chi connectivity index (χ4v) is 2.79. The Morgan fingerprint density at radius 3 is 2.47 bits per heavy atom. The van der Waals surface area contributed by atoms with E-state index in [1.807, 2.05) is 0 Å². The van der Waals surface area contributed by atoms with E-state index in [9.17, 15) is 8.78 Å². The maximum Gasteiger partial charge on any atom is 0.126 e. The number of hydrogen-bond acceptors (Lipinski definition) is 0. The van der Waals surface area contributed by atoms with Crippen LogP contribution in [0.5, 0.6) is 0 Å². The van der Waals surface area contributed by atoms with Crippen LogP contribution in [-0.2, 0) is 6.42 Å². The molecule has 0 aliphatic rings. The van der Waals surface area contributed by atoms with Gasteiger partial charge in [0.1, 0.15) is 11.6 Å². The Balaban J connectivity index is 2.29. The maximum atomic E-state index is 13.8. The third-order valence-corrected chi connectivity index (χ3v) is 4.02. The highest BCUT2D eigenvalue weighted by atomic mass is 79.9. The van der Waals surface area contributed by atoms with Crippen molar-refractivity contribution in [1.29, 1.82) is 0 Å². The molecule has 1 atom stereocenters. The molecule has 0 spiro atoms. The van der Waals surface area contributed by atoms with E-state index in [2.05, 4.69) is 15.9 Å². The smallest absolute Gasteiger partial charge is 0.126 e. The highest BCUT2D eigenvalue weighted by molar-refractivity contribution is 9.09. The zero-order valence-electron chi connectivity index (χ0n) is 10.0. The van der Waals surface area contributed by atoms with Crippen molar-refractivity contribution in [1.82, 2.24) is 0 Å². The van der Waals surface area contributed by atoms with Crippen molar-refractivity contribution in [2.45, 2.75) is 12.3 Å². The van der Waals surface area contributed by atoms with Gasteiger partial charge >= 0.3 is 0 Å². The highest BCUT2D eigenvalue weighted by Crippen LogP contribution is 2.27. The van der Waals surface area contributed by atoms with Crippen LogP contribution in [0.2, 0.25) is 5.02 Å². The van der Waals surface area contributed by atoms with Gasteiger partial charge in [-0.25, -0.2) is 8.78 Å². The van der Waals surface area contributed by atoms with Gasteiger partial charge in [-0.3, -0.25) is 0 Å².